The second kappa shape index (κ2) is 7.61. The second-order valence-corrected chi connectivity index (χ2v) is 6.48. The Labute approximate surface area is 158 Å². The molecule has 28 heavy (non-hydrogen) atoms. The third-order valence-corrected chi connectivity index (χ3v) is 4.14. The number of hydrogen-bond donors (Lipinski definition) is 0. The third kappa shape index (κ3) is 4.15. The van der Waals surface area contributed by atoms with Crippen LogP contribution in [0.4, 0.5) is 13.2 Å². The molecular formula is C18H19F3N4O3. The summed E-state index contributed by atoms with van der Waals surface area (Å²) in [6, 6.07) is 3.52. The molecule has 0 fully saturated rings. The molecule has 0 radical (unpaired) electrons. The van der Waals surface area contributed by atoms with Crippen LogP contribution in [0.5, 0.6) is 5.75 Å². The predicted molar refractivity (Wildman–Crippen MR) is 91.8 cm³/mol. The van der Waals surface area contributed by atoms with E-state index in [4.69, 9.17) is 9.26 Å². The molecule has 10 heteroatoms. The van der Waals surface area contributed by atoms with Crippen LogP contribution >= 0.6 is 0 Å². The molecule has 2 heterocycles. The highest BCUT2D eigenvalue weighted by Crippen LogP contribution is 2.36. The molecule has 0 aliphatic rings. The molecule has 1 aromatic carbocycles. The average Bonchev–Trinajstić information content (AvgIpc) is 3.25. The summed E-state index contributed by atoms with van der Waals surface area (Å²) in [6.07, 6.45) is -4.03. The number of halogens is 3. The fourth-order valence-electron chi connectivity index (χ4n) is 2.79. The molecule has 3 aromatic rings. The number of rotatable bonds is 6. The van der Waals surface area contributed by atoms with Gasteiger partial charge in [-0.25, -0.2) is 0 Å². The molecule has 0 aliphatic carbocycles. The minimum Gasteiger partial charge on any atom is -0.492 e. The molecule has 7 nitrogen and oxygen atoms in total. The van der Waals surface area contributed by atoms with Crippen LogP contribution in [0.15, 0.2) is 21.2 Å². The van der Waals surface area contributed by atoms with Gasteiger partial charge in [0.15, 0.2) is 5.82 Å². The maximum absolute atomic E-state index is 12.8. The van der Waals surface area contributed by atoms with Crippen molar-refractivity contribution in [1.82, 2.24) is 20.3 Å². The van der Waals surface area contributed by atoms with E-state index in [1.807, 2.05) is 19.9 Å². The maximum Gasteiger partial charge on any atom is 0.471 e. The Morgan fingerprint density at radius 3 is 2.39 bits per heavy atom. The summed E-state index contributed by atoms with van der Waals surface area (Å²) in [7, 11) is 0. The number of aryl methyl sites for hydroxylation is 3. The van der Waals surface area contributed by atoms with E-state index in [9.17, 15) is 13.2 Å². The van der Waals surface area contributed by atoms with E-state index in [1.54, 1.807) is 19.9 Å². The van der Waals surface area contributed by atoms with Crippen LogP contribution in [0.3, 0.4) is 0 Å². The van der Waals surface area contributed by atoms with E-state index in [0.29, 0.717) is 29.4 Å². The summed E-state index contributed by atoms with van der Waals surface area (Å²) >= 11 is 0. The van der Waals surface area contributed by atoms with E-state index in [2.05, 4.69) is 24.8 Å². The zero-order valence-corrected chi connectivity index (χ0v) is 15.8. The number of hydrogen-bond acceptors (Lipinski definition) is 7. The summed E-state index contributed by atoms with van der Waals surface area (Å²) in [5, 5.41) is 7.26. The molecule has 2 aromatic heterocycles. The van der Waals surface area contributed by atoms with Gasteiger partial charge in [-0.15, -0.1) is 0 Å². The van der Waals surface area contributed by atoms with Crippen molar-refractivity contribution in [2.75, 3.05) is 6.61 Å². The van der Waals surface area contributed by atoms with Crippen molar-refractivity contribution in [3.05, 3.63) is 40.9 Å². The Hall–Kier alpha value is -2.91. The summed E-state index contributed by atoms with van der Waals surface area (Å²) in [5.41, 5.74) is 1.90. The van der Waals surface area contributed by atoms with E-state index in [0.717, 1.165) is 11.1 Å². The van der Waals surface area contributed by atoms with Crippen molar-refractivity contribution >= 4 is 0 Å². The highest BCUT2D eigenvalue weighted by atomic mass is 19.4. The zero-order valence-electron chi connectivity index (χ0n) is 15.8. The van der Waals surface area contributed by atoms with E-state index >= 15 is 0 Å². The number of benzene rings is 1. The molecule has 0 spiro atoms. The van der Waals surface area contributed by atoms with Gasteiger partial charge in [0.1, 0.15) is 5.75 Å². The monoisotopic (exact) mass is 396 g/mol. The standard InChI is InChI=1S/C18H19F3N4O3/c1-5-12(16-22-11(4)24-27-16)8-26-14-10(3)6-9(2)7-13(14)15-23-17(28-25-15)18(19,20)21/h6-7,12H,5,8H2,1-4H3. The van der Waals surface area contributed by atoms with E-state index in [1.165, 1.54) is 0 Å². The quantitative estimate of drug-likeness (QED) is 0.600. The van der Waals surface area contributed by atoms with Gasteiger partial charge in [0.25, 0.3) is 0 Å². The molecule has 0 amide bonds. The van der Waals surface area contributed by atoms with Gasteiger partial charge in [0.05, 0.1) is 18.1 Å². The highest BCUT2D eigenvalue weighted by Gasteiger charge is 2.39. The first kappa shape index (κ1) is 19.8. The Morgan fingerprint density at radius 1 is 1.07 bits per heavy atom. The first-order chi connectivity index (χ1) is 13.2. The number of alkyl halides is 3. The van der Waals surface area contributed by atoms with Crippen LogP contribution in [0.2, 0.25) is 0 Å². The van der Waals surface area contributed by atoms with Gasteiger partial charge in [-0.05, 0) is 44.4 Å². The highest BCUT2D eigenvalue weighted by molar-refractivity contribution is 5.67. The smallest absolute Gasteiger partial charge is 0.471 e. The van der Waals surface area contributed by atoms with Crippen LogP contribution < -0.4 is 4.74 Å². The Balaban J connectivity index is 1.91. The van der Waals surface area contributed by atoms with Gasteiger partial charge < -0.3 is 13.8 Å². The molecule has 150 valence electrons. The van der Waals surface area contributed by atoms with Crippen LogP contribution in [-0.2, 0) is 6.18 Å². The number of ether oxygens (including phenoxy) is 1. The zero-order chi connectivity index (χ0) is 20.5. The average molecular weight is 396 g/mol. The van der Waals surface area contributed by atoms with Gasteiger partial charge in [-0.2, -0.15) is 23.1 Å². The lowest BCUT2D eigenvalue weighted by Gasteiger charge is -2.16. The van der Waals surface area contributed by atoms with Crippen LogP contribution in [-0.4, -0.2) is 26.9 Å². The van der Waals surface area contributed by atoms with Crippen molar-refractivity contribution in [3.63, 3.8) is 0 Å². The van der Waals surface area contributed by atoms with Gasteiger partial charge in [0.2, 0.25) is 11.7 Å². The molecular weight excluding hydrogens is 377 g/mol. The van der Waals surface area contributed by atoms with Gasteiger partial charge in [-0.3, -0.25) is 0 Å². The Kier molecular flexibility index (Phi) is 5.39. The van der Waals surface area contributed by atoms with Gasteiger partial charge in [0, 0.05) is 0 Å². The Bertz CT molecular complexity index is 965. The van der Waals surface area contributed by atoms with Crippen LogP contribution in [0.25, 0.3) is 11.4 Å². The van der Waals surface area contributed by atoms with Crippen molar-refractivity contribution in [1.29, 1.82) is 0 Å². The molecule has 0 N–H and O–H groups in total. The summed E-state index contributed by atoms with van der Waals surface area (Å²) < 4.78 is 54.0. The van der Waals surface area contributed by atoms with Gasteiger partial charge in [-0.1, -0.05) is 23.3 Å². The fraction of sp³-hybridized carbons (Fsp3) is 0.444. The molecule has 3 rings (SSSR count). The largest absolute Gasteiger partial charge is 0.492 e. The maximum atomic E-state index is 12.8. The van der Waals surface area contributed by atoms with Crippen molar-refractivity contribution < 1.29 is 27.0 Å². The Morgan fingerprint density at radius 2 is 1.82 bits per heavy atom. The normalized spacial score (nSPS) is 13.0. The second-order valence-electron chi connectivity index (χ2n) is 6.48. The lowest BCUT2D eigenvalue weighted by atomic mass is 10.0. The van der Waals surface area contributed by atoms with Crippen LogP contribution in [0.1, 0.15) is 48.0 Å². The molecule has 0 saturated heterocycles. The molecule has 1 atom stereocenters. The summed E-state index contributed by atoms with van der Waals surface area (Å²) in [4.78, 5) is 7.70. The molecule has 0 aliphatic heterocycles. The van der Waals surface area contributed by atoms with Crippen molar-refractivity contribution in [2.24, 2.45) is 0 Å². The summed E-state index contributed by atoms with van der Waals surface area (Å²) in [5.74, 6) is -0.394. The first-order valence-corrected chi connectivity index (χ1v) is 8.64. The lowest BCUT2D eigenvalue weighted by molar-refractivity contribution is -0.159. The number of nitrogens with zero attached hydrogens (tertiary/aromatic N) is 4. The van der Waals surface area contributed by atoms with Crippen LogP contribution in [0, 0.1) is 20.8 Å². The molecule has 0 saturated carbocycles. The number of aromatic nitrogens is 4. The van der Waals surface area contributed by atoms with Gasteiger partial charge >= 0.3 is 12.1 Å². The summed E-state index contributed by atoms with van der Waals surface area (Å²) in [6.45, 7) is 7.50. The topological polar surface area (TPSA) is 87.1 Å². The molecule has 1 unspecified atom stereocenters. The molecule has 0 bridgehead atoms. The SMILES string of the molecule is CCC(COc1c(C)cc(C)cc1-c1noc(C(F)(F)F)n1)c1nc(C)no1. The van der Waals surface area contributed by atoms with Crippen molar-refractivity contribution in [3.8, 4) is 17.1 Å². The fourth-order valence-corrected chi connectivity index (χ4v) is 2.79. The minimum absolute atomic E-state index is 0.161. The first-order valence-electron chi connectivity index (χ1n) is 8.64. The van der Waals surface area contributed by atoms with E-state index in [-0.39, 0.29) is 18.3 Å². The van der Waals surface area contributed by atoms with E-state index < -0.39 is 12.1 Å². The van der Waals surface area contributed by atoms with Crippen molar-refractivity contribution in [2.45, 2.75) is 46.2 Å². The minimum atomic E-state index is -4.71. The predicted octanol–water partition coefficient (Wildman–Crippen LogP) is 4.64. The third-order valence-electron chi connectivity index (χ3n) is 4.14. The lowest BCUT2D eigenvalue weighted by Crippen LogP contribution is -2.11.